The molecule has 0 saturated carbocycles. The second-order valence-corrected chi connectivity index (χ2v) is 4.94. The maximum Gasteiger partial charge on any atom is 0.322 e. The molecule has 0 bridgehead atoms. The second-order valence-electron chi connectivity index (χ2n) is 4.94. The summed E-state index contributed by atoms with van der Waals surface area (Å²) in [5.74, 6) is -0.282. The lowest BCUT2D eigenvalue weighted by molar-refractivity contribution is -0.156. The number of nitrogens with zero attached hydrogens (tertiary/aromatic N) is 2. The van der Waals surface area contributed by atoms with Gasteiger partial charge in [-0.05, 0) is 27.7 Å². The van der Waals surface area contributed by atoms with Gasteiger partial charge in [0.25, 0.3) is 0 Å². The lowest BCUT2D eigenvalue weighted by Crippen LogP contribution is -2.35. The van der Waals surface area contributed by atoms with Gasteiger partial charge in [0.15, 0.2) is 6.73 Å². The van der Waals surface area contributed by atoms with Crippen LogP contribution in [0.4, 0.5) is 4.79 Å². The maximum absolute atomic E-state index is 11.7. The Morgan fingerprint density at radius 1 is 1.31 bits per heavy atom. The molecule has 0 aromatic heterocycles. The van der Waals surface area contributed by atoms with E-state index in [1.165, 1.54) is 0 Å². The van der Waals surface area contributed by atoms with E-state index in [1.54, 1.807) is 30.6 Å². The van der Waals surface area contributed by atoms with Gasteiger partial charge in [-0.1, -0.05) is 0 Å². The normalized spacial score (nSPS) is 16.9. The molecular weight excluding hydrogens is 208 g/mol. The van der Waals surface area contributed by atoms with Gasteiger partial charge >= 0.3 is 12.0 Å². The van der Waals surface area contributed by atoms with E-state index < -0.39 is 5.41 Å². The van der Waals surface area contributed by atoms with E-state index in [0.29, 0.717) is 19.6 Å². The molecule has 0 spiro atoms. The number of urea groups is 1. The summed E-state index contributed by atoms with van der Waals surface area (Å²) in [6.45, 7) is 9.40. The van der Waals surface area contributed by atoms with Crippen molar-refractivity contribution in [2.75, 3.05) is 26.4 Å². The molecule has 5 heteroatoms. The number of rotatable bonds is 3. The number of amides is 2. The zero-order valence-electron chi connectivity index (χ0n) is 10.4. The number of esters is 1. The number of hydrogen-bond donors (Lipinski definition) is 0. The highest BCUT2D eigenvalue weighted by Crippen LogP contribution is 2.16. The molecule has 0 atom stereocenters. The van der Waals surface area contributed by atoms with Crippen molar-refractivity contribution >= 4 is 12.0 Å². The Morgan fingerprint density at radius 3 is 2.31 bits per heavy atom. The van der Waals surface area contributed by atoms with Crippen molar-refractivity contribution in [2.24, 2.45) is 5.41 Å². The minimum Gasteiger partial charge on any atom is -0.444 e. The third-order valence-corrected chi connectivity index (χ3v) is 2.53. The van der Waals surface area contributed by atoms with Gasteiger partial charge in [0.1, 0.15) is 0 Å². The molecule has 1 saturated heterocycles. The number of carbonyl (C=O) groups is 2. The van der Waals surface area contributed by atoms with Crippen LogP contribution in [0.15, 0.2) is 0 Å². The monoisotopic (exact) mass is 228 g/mol. The first-order chi connectivity index (χ1) is 7.36. The SMILES string of the molecule is CCN1CCN(COC(=O)C(C)(C)C)C1=O. The van der Waals surface area contributed by atoms with Gasteiger partial charge < -0.3 is 9.64 Å². The van der Waals surface area contributed by atoms with E-state index in [2.05, 4.69) is 0 Å². The van der Waals surface area contributed by atoms with E-state index in [9.17, 15) is 9.59 Å². The standard InChI is InChI=1S/C11H20N2O3/c1-5-12-6-7-13(10(12)15)8-16-9(14)11(2,3)4/h5-8H2,1-4H3. The van der Waals surface area contributed by atoms with Crippen LogP contribution in [-0.2, 0) is 9.53 Å². The summed E-state index contributed by atoms with van der Waals surface area (Å²) in [6.07, 6.45) is 0. The lowest BCUT2D eigenvalue weighted by Gasteiger charge is -2.21. The van der Waals surface area contributed by atoms with Crippen molar-refractivity contribution in [1.82, 2.24) is 9.80 Å². The smallest absolute Gasteiger partial charge is 0.322 e. The van der Waals surface area contributed by atoms with Gasteiger partial charge in [-0.15, -0.1) is 0 Å². The summed E-state index contributed by atoms with van der Waals surface area (Å²) in [5, 5.41) is 0. The summed E-state index contributed by atoms with van der Waals surface area (Å²) in [4.78, 5) is 26.4. The van der Waals surface area contributed by atoms with Gasteiger partial charge in [0, 0.05) is 19.6 Å². The van der Waals surface area contributed by atoms with Gasteiger partial charge in [-0.2, -0.15) is 0 Å². The molecule has 0 aromatic carbocycles. The molecule has 2 amide bonds. The van der Waals surface area contributed by atoms with E-state index in [1.807, 2.05) is 6.92 Å². The predicted molar refractivity (Wildman–Crippen MR) is 59.8 cm³/mol. The van der Waals surface area contributed by atoms with E-state index in [-0.39, 0.29) is 18.7 Å². The van der Waals surface area contributed by atoms with Crippen LogP contribution >= 0.6 is 0 Å². The predicted octanol–water partition coefficient (Wildman–Crippen LogP) is 1.29. The highest BCUT2D eigenvalue weighted by molar-refractivity contribution is 5.78. The number of likely N-dealkylation sites (N-methyl/N-ethyl adjacent to an activating group) is 1. The summed E-state index contributed by atoms with van der Waals surface area (Å²) < 4.78 is 5.09. The molecule has 5 nitrogen and oxygen atoms in total. The third kappa shape index (κ3) is 2.87. The Balaban J connectivity index is 2.40. The average Bonchev–Trinajstić information content (AvgIpc) is 2.54. The van der Waals surface area contributed by atoms with Crippen LogP contribution in [0.1, 0.15) is 27.7 Å². The summed E-state index contributed by atoms with van der Waals surface area (Å²) in [5.41, 5.74) is -0.521. The Hall–Kier alpha value is -1.26. The molecule has 16 heavy (non-hydrogen) atoms. The van der Waals surface area contributed by atoms with Crippen LogP contribution in [0.25, 0.3) is 0 Å². The van der Waals surface area contributed by atoms with Crippen molar-refractivity contribution in [3.63, 3.8) is 0 Å². The second kappa shape index (κ2) is 4.72. The fourth-order valence-corrected chi connectivity index (χ4v) is 1.40. The topological polar surface area (TPSA) is 49.9 Å². The van der Waals surface area contributed by atoms with Crippen LogP contribution in [0.3, 0.4) is 0 Å². The molecule has 0 radical (unpaired) electrons. The molecule has 1 rings (SSSR count). The molecule has 1 aliphatic rings. The largest absolute Gasteiger partial charge is 0.444 e. The molecule has 0 aliphatic carbocycles. The van der Waals surface area contributed by atoms with Crippen LogP contribution < -0.4 is 0 Å². The molecule has 1 heterocycles. The zero-order chi connectivity index (χ0) is 12.3. The first-order valence-electron chi connectivity index (χ1n) is 5.57. The van der Waals surface area contributed by atoms with Crippen LogP contribution in [-0.4, -0.2) is 48.2 Å². The van der Waals surface area contributed by atoms with Gasteiger partial charge in [-0.3, -0.25) is 9.69 Å². The summed E-state index contributed by atoms with van der Waals surface area (Å²) >= 11 is 0. The highest BCUT2D eigenvalue weighted by atomic mass is 16.5. The molecular formula is C11H20N2O3. The molecule has 0 aromatic rings. The summed E-state index contributed by atoms with van der Waals surface area (Å²) in [6, 6.07) is -0.0517. The van der Waals surface area contributed by atoms with Crippen LogP contribution in [0, 0.1) is 5.41 Å². The van der Waals surface area contributed by atoms with E-state index in [0.717, 1.165) is 0 Å². The zero-order valence-corrected chi connectivity index (χ0v) is 10.4. The first-order valence-corrected chi connectivity index (χ1v) is 5.57. The summed E-state index contributed by atoms with van der Waals surface area (Å²) in [7, 11) is 0. The Bertz CT molecular complexity index is 283. The van der Waals surface area contributed by atoms with E-state index >= 15 is 0 Å². The fraction of sp³-hybridized carbons (Fsp3) is 0.818. The lowest BCUT2D eigenvalue weighted by atomic mass is 9.98. The maximum atomic E-state index is 11.7. The highest BCUT2D eigenvalue weighted by Gasteiger charge is 2.29. The number of carbonyl (C=O) groups excluding carboxylic acids is 2. The van der Waals surface area contributed by atoms with Gasteiger partial charge in [0.05, 0.1) is 5.41 Å². The first kappa shape index (κ1) is 12.8. The molecule has 0 N–H and O–H groups in total. The van der Waals surface area contributed by atoms with Crippen LogP contribution in [0.5, 0.6) is 0 Å². The van der Waals surface area contributed by atoms with Crippen molar-refractivity contribution in [2.45, 2.75) is 27.7 Å². The van der Waals surface area contributed by atoms with Crippen molar-refractivity contribution in [3.8, 4) is 0 Å². The number of ether oxygens (including phenoxy) is 1. The minimum atomic E-state index is -0.521. The number of hydrogen-bond acceptors (Lipinski definition) is 3. The third-order valence-electron chi connectivity index (χ3n) is 2.53. The molecule has 1 fully saturated rings. The molecule has 1 aliphatic heterocycles. The Kier molecular flexibility index (Phi) is 3.78. The fourth-order valence-electron chi connectivity index (χ4n) is 1.40. The van der Waals surface area contributed by atoms with Crippen LogP contribution in [0.2, 0.25) is 0 Å². The quantitative estimate of drug-likeness (QED) is 0.684. The van der Waals surface area contributed by atoms with Crippen molar-refractivity contribution in [1.29, 1.82) is 0 Å². The van der Waals surface area contributed by atoms with Crippen molar-refractivity contribution < 1.29 is 14.3 Å². The molecule has 92 valence electrons. The van der Waals surface area contributed by atoms with E-state index in [4.69, 9.17) is 4.74 Å². The average molecular weight is 228 g/mol. The Labute approximate surface area is 96.3 Å². The Morgan fingerprint density at radius 2 is 1.88 bits per heavy atom. The van der Waals surface area contributed by atoms with Crippen molar-refractivity contribution in [3.05, 3.63) is 0 Å². The van der Waals surface area contributed by atoms with Gasteiger partial charge in [-0.25, -0.2) is 4.79 Å². The minimum absolute atomic E-state index is 0.0517. The molecule has 0 unspecified atom stereocenters. The van der Waals surface area contributed by atoms with Gasteiger partial charge in [0.2, 0.25) is 0 Å².